The van der Waals surface area contributed by atoms with Crippen LogP contribution in [0.15, 0.2) is 18.2 Å². The molecule has 1 aromatic rings. The van der Waals surface area contributed by atoms with Crippen molar-refractivity contribution in [3.8, 4) is 0 Å². The zero-order valence-electron chi connectivity index (χ0n) is 9.98. The summed E-state index contributed by atoms with van der Waals surface area (Å²) in [5, 5.41) is 8.84. The van der Waals surface area contributed by atoms with Crippen LogP contribution in [0.1, 0.15) is 24.2 Å². The van der Waals surface area contributed by atoms with Crippen molar-refractivity contribution in [2.45, 2.75) is 13.8 Å². The van der Waals surface area contributed by atoms with E-state index < -0.39 is 11.8 Å². The van der Waals surface area contributed by atoms with E-state index in [1.54, 1.807) is 6.07 Å². The Morgan fingerprint density at radius 3 is 2.65 bits per heavy atom. The van der Waals surface area contributed by atoms with Gasteiger partial charge in [-0.2, -0.15) is 0 Å². The van der Waals surface area contributed by atoms with Gasteiger partial charge in [-0.1, -0.05) is 13.8 Å². The van der Waals surface area contributed by atoms with Crippen LogP contribution in [-0.2, 0) is 0 Å². The molecule has 0 unspecified atom stereocenters. The average molecular weight is 237 g/mol. The fourth-order valence-corrected chi connectivity index (χ4v) is 2.02. The molecule has 17 heavy (non-hydrogen) atoms. The van der Waals surface area contributed by atoms with Crippen molar-refractivity contribution in [1.82, 2.24) is 0 Å². The molecule has 1 fully saturated rings. The van der Waals surface area contributed by atoms with Gasteiger partial charge < -0.3 is 10.0 Å². The number of halogens is 1. The van der Waals surface area contributed by atoms with E-state index in [2.05, 4.69) is 18.7 Å². The Bertz CT molecular complexity index is 439. The molecule has 1 aromatic carbocycles. The molecule has 0 saturated carbocycles. The molecule has 1 saturated heterocycles. The summed E-state index contributed by atoms with van der Waals surface area (Å²) >= 11 is 0. The van der Waals surface area contributed by atoms with E-state index in [1.807, 2.05) is 0 Å². The number of nitrogens with zero attached hydrogens (tertiary/aromatic N) is 1. The Kier molecular flexibility index (Phi) is 3.05. The van der Waals surface area contributed by atoms with Crippen LogP contribution in [0, 0.1) is 17.7 Å². The second kappa shape index (κ2) is 4.35. The highest BCUT2D eigenvalue weighted by atomic mass is 19.1. The Morgan fingerprint density at radius 2 is 2.12 bits per heavy atom. The molecule has 1 aliphatic rings. The molecule has 3 nitrogen and oxygen atoms in total. The molecule has 0 bridgehead atoms. The van der Waals surface area contributed by atoms with Crippen LogP contribution in [0.2, 0.25) is 0 Å². The highest BCUT2D eigenvalue weighted by Crippen LogP contribution is 2.30. The Balaban J connectivity index is 2.14. The van der Waals surface area contributed by atoms with Gasteiger partial charge in [-0.25, -0.2) is 9.18 Å². The van der Waals surface area contributed by atoms with Gasteiger partial charge in [0.15, 0.2) is 0 Å². The van der Waals surface area contributed by atoms with E-state index in [-0.39, 0.29) is 5.56 Å². The SMILES string of the molecule is CC(C)C1CN(c2ccc(F)c(C(=O)O)c2)C1. The fraction of sp³-hybridized carbons (Fsp3) is 0.462. The van der Waals surface area contributed by atoms with Gasteiger partial charge >= 0.3 is 5.97 Å². The summed E-state index contributed by atoms with van der Waals surface area (Å²) in [6.07, 6.45) is 0. The third kappa shape index (κ3) is 2.25. The summed E-state index contributed by atoms with van der Waals surface area (Å²) in [6.45, 7) is 6.19. The largest absolute Gasteiger partial charge is 0.478 e. The van der Waals surface area contributed by atoms with Crippen LogP contribution >= 0.6 is 0 Å². The predicted molar refractivity (Wildman–Crippen MR) is 63.9 cm³/mol. The Hall–Kier alpha value is -1.58. The third-order valence-electron chi connectivity index (χ3n) is 3.40. The highest BCUT2D eigenvalue weighted by Gasteiger charge is 2.29. The Labute approximate surface area is 99.9 Å². The number of aromatic carboxylic acids is 1. The molecule has 0 spiro atoms. The first kappa shape index (κ1) is 11.9. The molecule has 2 rings (SSSR count). The summed E-state index contributed by atoms with van der Waals surface area (Å²) < 4.78 is 13.2. The molecule has 1 aliphatic heterocycles. The van der Waals surface area contributed by atoms with Gasteiger partial charge in [-0.15, -0.1) is 0 Å². The number of hydrogen-bond donors (Lipinski definition) is 1. The van der Waals surface area contributed by atoms with E-state index in [4.69, 9.17) is 5.11 Å². The van der Waals surface area contributed by atoms with E-state index in [0.29, 0.717) is 11.8 Å². The lowest BCUT2D eigenvalue weighted by atomic mass is 9.88. The molecule has 92 valence electrons. The van der Waals surface area contributed by atoms with Gasteiger partial charge in [0.25, 0.3) is 0 Å². The van der Waals surface area contributed by atoms with E-state index in [1.165, 1.54) is 12.1 Å². The molecular formula is C13H16FNO2. The lowest BCUT2D eigenvalue weighted by Crippen LogP contribution is -2.49. The van der Waals surface area contributed by atoms with Gasteiger partial charge in [0.1, 0.15) is 5.82 Å². The molecule has 0 aromatic heterocycles. The second-order valence-electron chi connectivity index (χ2n) is 4.88. The molecule has 0 atom stereocenters. The first-order valence-electron chi connectivity index (χ1n) is 5.77. The molecule has 1 N–H and O–H groups in total. The minimum atomic E-state index is -1.22. The van der Waals surface area contributed by atoms with Crippen molar-refractivity contribution in [3.63, 3.8) is 0 Å². The van der Waals surface area contributed by atoms with Crippen LogP contribution < -0.4 is 4.90 Å². The zero-order chi connectivity index (χ0) is 12.6. The third-order valence-corrected chi connectivity index (χ3v) is 3.40. The first-order chi connectivity index (χ1) is 7.99. The van der Waals surface area contributed by atoms with Crippen molar-refractivity contribution in [1.29, 1.82) is 0 Å². The van der Waals surface area contributed by atoms with Crippen molar-refractivity contribution in [2.24, 2.45) is 11.8 Å². The summed E-state index contributed by atoms with van der Waals surface area (Å²) in [7, 11) is 0. The van der Waals surface area contributed by atoms with Crippen LogP contribution in [0.3, 0.4) is 0 Å². The predicted octanol–water partition coefficient (Wildman–Crippen LogP) is 2.62. The number of hydrogen-bond acceptors (Lipinski definition) is 2. The van der Waals surface area contributed by atoms with Gasteiger partial charge in [-0.3, -0.25) is 0 Å². The van der Waals surface area contributed by atoms with Gasteiger partial charge in [0.05, 0.1) is 5.56 Å². The second-order valence-corrected chi connectivity index (χ2v) is 4.88. The number of benzene rings is 1. The summed E-state index contributed by atoms with van der Waals surface area (Å²) in [5.74, 6) is -0.619. The maximum absolute atomic E-state index is 13.2. The van der Waals surface area contributed by atoms with E-state index >= 15 is 0 Å². The van der Waals surface area contributed by atoms with Gasteiger partial charge in [-0.05, 0) is 30.0 Å². The molecule has 0 aliphatic carbocycles. The van der Waals surface area contributed by atoms with Crippen molar-refractivity contribution in [2.75, 3.05) is 18.0 Å². The maximum atomic E-state index is 13.2. The first-order valence-corrected chi connectivity index (χ1v) is 5.77. The van der Waals surface area contributed by atoms with Crippen LogP contribution in [0.25, 0.3) is 0 Å². The number of rotatable bonds is 3. The fourth-order valence-electron chi connectivity index (χ4n) is 2.02. The highest BCUT2D eigenvalue weighted by molar-refractivity contribution is 5.89. The minimum absolute atomic E-state index is 0.254. The van der Waals surface area contributed by atoms with Gasteiger partial charge in [0.2, 0.25) is 0 Å². The smallest absolute Gasteiger partial charge is 0.338 e. The van der Waals surface area contributed by atoms with Crippen molar-refractivity contribution >= 4 is 11.7 Å². The topological polar surface area (TPSA) is 40.5 Å². The van der Waals surface area contributed by atoms with Crippen molar-refractivity contribution in [3.05, 3.63) is 29.6 Å². The lowest BCUT2D eigenvalue weighted by molar-refractivity contribution is 0.0692. The summed E-state index contributed by atoms with van der Waals surface area (Å²) in [5.41, 5.74) is 0.538. The zero-order valence-corrected chi connectivity index (χ0v) is 9.98. The van der Waals surface area contributed by atoms with Gasteiger partial charge in [0, 0.05) is 18.8 Å². The molecule has 1 heterocycles. The van der Waals surface area contributed by atoms with Crippen LogP contribution in [0.5, 0.6) is 0 Å². The van der Waals surface area contributed by atoms with E-state index in [9.17, 15) is 9.18 Å². The quantitative estimate of drug-likeness (QED) is 0.878. The van der Waals surface area contributed by atoms with Crippen LogP contribution in [-0.4, -0.2) is 24.2 Å². The van der Waals surface area contributed by atoms with Crippen molar-refractivity contribution < 1.29 is 14.3 Å². The van der Waals surface area contributed by atoms with Crippen LogP contribution in [0.4, 0.5) is 10.1 Å². The van der Waals surface area contributed by atoms with E-state index in [0.717, 1.165) is 18.8 Å². The average Bonchev–Trinajstić information content (AvgIpc) is 2.17. The summed E-state index contributed by atoms with van der Waals surface area (Å²) in [6, 6.07) is 4.27. The lowest BCUT2D eigenvalue weighted by Gasteiger charge is -2.43. The summed E-state index contributed by atoms with van der Waals surface area (Å²) in [4.78, 5) is 12.9. The standard InChI is InChI=1S/C13H16FNO2/c1-8(2)9-6-15(7-9)10-3-4-12(14)11(5-10)13(16)17/h3-5,8-9H,6-7H2,1-2H3,(H,16,17). The minimum Gasteiger partial charge on any atom is -0.478 e. The Morgan fingerprint density at radius 1 is 1.47 bits per heavy atom. The maximum Gasteiger partial charge on any atom is 0.338 e. The number of carboxylic acids is 1. The number of anilines is 1. The number of carboxylic acid groups (broad SMARTS) is 1. The molecular weight excluding hydrogens is 221 g/mol. The molecule has 4 heteroatoms. The normalized spacial score (nSPS) is 16.1. The monoisotopic (exact) mass is 237 g/mol. The number of carbonyl (C=O) groups is 1. The molecule has 0 radical (unpaired) electrons. The molecule has 0 amide bonds.